The fraction of sp³-hybridized carbons (Fsp3) is 0.333. The second kappa shape index (κ2) is 5.00. The van der Waals surface area contributed by atoms with Gasteiger partial charge < -0.3 is 11.1 Å². The summed E-state index contributed by atoms with van der Waals surface area (Å²) in [6, 6.07) is 8.08. The first-order valence-corrected chi connectivity index (χ1v) is 6.97. The van der Waals surface area contributed by atoms with E-state index in [2.05, 4.69) is 23.4 Å². The molecule has 0 unspecified atom stereocenters. The maximum absolute atomic E-state index is 6.06. The molecule has 20 heavy (non-hydrogen) atoms. The van der Waals surface area contributed by atoms with E-state index in [1.807, 2.05) is 29.9 Å². The van der Waals surface area contributed by atoms with Crippen LogP contribution in [0.4, 0.5) is 11.6 Å². The van der Waals surface area contributed by atoms with Crippen LogP contribution in [0.5, 0.6) is 0 Å². The van der Waals surface area contributed by atoms with Crippen LogP contribution in [0.3, 0.4) is 0 Å². The lowest BCUT2D eigenvalue weighted by Gasteiger charge is -2.09. The van der Waals surface area contributed by atoms with Crippen molar-refractivity contribution < 1.29 is 0 Å². The summed E-state index contributed by atoms with van der Waals surface area (Å²) < 4.78 is 1.83. The van der Waals surface area contributed by atoms with E-state index < -0.39 is 0 Å². The molecule has 0 spiro atoms. The summed E-state index contributed by atoms with van der Waals surface area (Å²) in [5.41, 5.74) is 8.06. The number of rotatable bonds is 4. The minimum absolute atomic E-state index is 0.528. The monoisotopic (exact) mass is 269 g/mol. The quantitative estimate of drug-likeness (QED) is 0.714. The maximum atomic E-state index is 6.06. The van der Waals surface area contributed by atoms with E-state index in [1.54, 1.807) is 0 Å². The van der Waals surface area contributed by atoms with Crippen molar-refractivity contribution in [2.24, 2.45) is 7.05 Å². The number of anilines is 2. The van der Waals surface area contributed by atoms with Crippen molar-refractivity contribution >= 4 is 33.4 Å². The Bertz CT molecular complexity index is 760. The Morgan fingerprint density at radius 1 is 1.30 bits per heavy atom. The predicted molar refractivity (Wildman–Crippen MR) is 83.8 cm³/mol. The lowest BCUT2D eigenvalue weighted by Crippen LogP contribution is -2.04. The molecule has 2 aromatic heterocycles. The lowest BCUT2D eigenvalue weighted by molar-refractivity contribution is 0.804. The van der Waals surface area contributed by atoms with E-state index in [0.717, 1.165) is 47.0 Å². The van der Waals surface area contributed by atoms with E-state index >= 15 is 0 Å². The molecule has 0 radical (unpaired) electrons. The van der Waals surface area contributed by atoms with Crippen molar-refractivity contribution in [1.29, 1.82) is 0 Å². The van der Waals surface area contributed by atoms with Gasteiger partial charge >= 0.3 is 0 Å². The van der Waals surface area contributed by atoms with Crippen molar-refractivity contribution in [2.45, 2.75) is 19.8 Å². The Labute approximate surface area is 117 Å². The van der Waals surface area contributed by atoms with Crippen molar-refractivity contribution in [3.05, 3.63) is 24.3 Å². The maximum Gasteiger partial charge on any atom is 0.157 e. The first kappa shape index (κ1) is 12.7. The van der Waals surface area contributed by atoms with Crippen molar-refractivity contribution in [3.63, 3.8) is 0 Å². The van der Waals surface area contributed by atoms with Gasteiger partial charge in [0.15, 0.2) is 5.82 Å². The zero-order chi connectivity index (χ0) is 14.1. The molecule has 0 aliphatic rings. The first-order valence-electron chi connectivity index (χ1n) is 6.97. The number of nitrogens with one attached hydrogen (secondary N) is 1. The van der Waals surface area contributed by atoms with Gasteiger partial charge in [-0.15, -0.1) is 0 Å². The van der Waals surface area contributed by atoms with Crippen molar-refractivity contribution in [1.82, 2.24) is 14.8 Å². The smallest absolute Gasteiger partial charge is 0.157 e. The number of nitrogens with zero attached hydrogens (tertiary/aromatic N) is 3. The van der Waals surface area contributed by atoms with Gasteiger partial charge in [-0.05, 0) is 12.5 Å². The normalized spacial score (nSPS) is 11.3. The molecular formula is C15H19N5. The summed E-state index contributed by atoms with van der Waals surface area (Å²) >= 11 is 0. The van der Waals surface area contributed by atoms with Crippen LogP contribution in [0.2, 0.25) is 0 Å². The highest BCUT2D eigenvalue weighted by Gasteiger charge is 2.15. The second-order valence-corrected chi connectivity index (χ2v) is 4.99. The van der Waals surface area contributed by atoms with Crippen LogP contribution in [0.15, 0.2) is 24.3 Å². The van der Waals surface area contributed by atoms with Gasteiger partial charge in [-0.2, -0.15) is 5.10 Å². The summed E-state index contributed by atoms with van der Waals surface area (Å²) in [7, 11) is 1.92. The van der Waals surface area contributed by atoms with Crippen molar-refractivity contribution in [2.75, 3.05) is 17.6 Å². The molecule has 0 aliphatic carbocycles. The Morgan fingerprint density at radius 3 is 2.90 bits per heavy atom. The molecular weight excluding hydrogens is 250 g/mol. The number of aromatic nitrogens is 3. The van der Waals surface area contributed by atoms with E-state index in [-0.39, 0.29) is 0 Å². The van der Waals surface area contributed by atoms with Crippen LogP contribution in [0.1, 0.15) is 19.8 Å². The van der Waals surface area contributed by atoms with Crippen LogP contribution < -0.4 is 11.1 Å². The highest BCUT2D eigenvalue weighted by atomic mass is 15.3. The fourth-order valence-corrected chi connectivity index (χ4v) is 2.55. The number of hydrogen-bond donors (Lipinski definition) is 2. The third-order valence-corrected chi connectivity index (χ3v) is 3.53. The highest BCUT2D eigenvalue weighted by molar-refractivity contribution is 6.12. The number of hydrogen-bond acceptors (Lipinski definition) is 4. The van der Waals surface area contributed by atoms with E-state index in [9.17, 15) is 0 Å². The molecule has 3 N–H and O–H groups in total. The Balaban J connectivity index is 2.26. The van der Waals surface area contributed by atoms with E-state index in [0.29, 0.717) is 5.82 Å². The minimum Gasteiger partial charge on any atom is -0.382 e. The largest absolute Gasteiger partial charge is 0.382 e. The number of nitrogens with two attached hydrogens (primary N) is 1. The Kier molecular flexibility index (Phi) is 3.18. The van der Waals surface area contributed by atoms with Gasteiger partial charge in [-0.1, -0.05) is 31.5 Å². The topological polar surface area (TPSA) is 68.8 Å². The van der Waals surface area contributed by atoms with Crippen LogP contribution in [0, 0.1) is 0 Å². The number of nitrogen functional groups attached to an aromatic ring is 1. The number of benzene rings is 1. The first-order chi connectivity index (χ1) is 9.72. The van der Waals surface area contributed by atoms with Crippen LogP contribution in [0.25, 0.3) is 21.8 Å². The highest BCUT2D eigenvalue weighted by Crippen LogP contribution is 2.32. The van der Waals surface area contributed by atoms with Gasteiger partial charge in [-0.3, -0.25) is 4.68 Å². The molecule has 3 rings (SSSR count). The van der Waals surface area contributed by atoms with E-state index in [4.69, 9.17) is 10.7 Å². The molecule has 0 bridgehead atoms. The zero-order valence-electron chi connectivity index (χ0n) is 11.8. The molecule has 0 amide bonds. The molecule has 0 aliphatic heterocycles. The molecule has 5 heteroatoms. The fourth-order valence-electron chi connectivity index (χ4n) is 2.55. The van der Waals surface area contributed by atoms with Gasteiger partial charge in [0.25, 0.3) is 0 Å². The van der Waals surface area contributed by atoms with Crippen LogP contribution in [-0.2, 0) is 7.05 Å². The molecule has 1 aromatic carbocycles. The van der Waals surface area contributed by atoms with Gasteiger partial charge in [0.05, 0.1) is 16.4 Å². The number of unbranched alkanes of at least 4 members (excludes halogenated alkanes) is 1. The second-order valence-electron chi connectivity index (χ2n) is 4.99. The van der Waals surface area contributed by atoms with Gasteiger partial charge in [0, 0.05) is 19.0 Å². The average molecular weight is 269 g/mol. The van der Waals surface area contributed by atoms with Gasteiger partial charge in [0.1, 0.15) is 5.82 Å². The lowest BCUT2D eigenvalue weighted by atomic mass is 10.1. The minimum atomic E-state index is 0.528. The molecule has 2 heterocycles. The summed E-state index contributed by atoms with van der Waals surface area (Å²) in [5.74, 6) is 1.36. The summed E-state index contributed by atoms with van der Waals surface area (Å²) in [6.45, 7) is 3.06. The number of pyridine rings is 1. The molecule has 0 atom stereocenters. The Hall–Kier alpha value is -2.30. The molecule has 104 valence electrons. The van der Waals surface area contributed by atoms with Crippen LogP contribution >= 0.6 is 0 Å². The van der Waals surface area contributed by atoms with Gasteiger partial charge in [-0.25, -0.2) is 4.98 Å². The predicted octanol–water partition coefficient (Wildman–Crippen LogP) is 2.92. The van der Waals surface area contributed by atoms with Crippen LogP contribution in [-0.4, -0.2) is 21.3 Å². The van der Waals surface area contributed by atoms with E-state index in [1.165, 1.54) is 0 Å². The molecule has 5 nitrogen and oxygen atoms in total. The third kappa shape index (κ3) is 1.95. The van der Waals surface area contributed by atoms with Crippen molar-refractivity contribution in [3.8, 4) is 0 Å². The summed E-state index contributed by atoms with van der Waals surface area (Å²) in [5, 5.41) is 9.73. The number of aryl methyl sites for hydroxylation is 1. The zero-order valence-corrected chi connectivity index (χ0v) is 11.8. The number of para-hydroxylation sites is 1. The third-order valence-electron chi connectivity index (χ3n) is 3.53. The SMILES string of the molecule is CCCCNc1nc2ccccc2c2c1c(N)nn2C. The average Bonchev–Trinajstić information content (AvgIpc) is 2.75. The summed E-state index contributed by atoms with van der Waals surface area (Å²) in [6.07, 6.45) is 2.25. The molecule has 3 aromatic rings. The van der Waals surface area contributed by atoms with Gasteiger partial charge in [0.2, 0.25) is 0 Å². The molecule has 0 saturated heterocycles. The standard InChI is InChI=1S/C15H19N5/c1-3-4-9-17-15-12-13(20(2)19-14(12)16)10-7-5-6-8-11(10)18-15/h5-8H,3-4,9H2,1-2H3,(H2,16,19)(H,17,18). The molecule has 0 fully saturated rings. The summed E-state index contributed by atoms with van der Waals surface area (Å²) in [4.78, 5) is 4.70. The molecule has 0 saturated carbocycles. The Morgan fingerprint density at radius 2 is 2.10 bits per heavy atom. The number of fused-ring (bicyclic) bond motifs is 3.